The van der Waals surface area contributed by atoms with Gasteiger partial charge in [0, 0.05) is 38.4 Å². The van der Waals surface area contributed by atoms with Crippen LogP contribution in [0.4, 0.5) is 11.5 Å². The van der Waals surface area contributed by atoms with Crippen LogP contribution in [0.2, 0.25) is 0 Å². The number of nitrogens with zero attached hydrogens (tertiary/aromatic N) is 4. The standard InChI is InChI=1S/C24H24N6O3/c31-22(20-4-1-2-11-27-20)24(10-13-25-16-24)33-19-8-6-18(7-9-19)30(21-5-3-12-28-29-21)23(32)17-14-26-15-17/h1-9,11-12,17,25-26H,10,13-16H2/t24-/m1/s1. The Bertz CT molecular complexity index is 1110. The summed E-state index contributed by atoms with van der Waals surface area (Å²) in [7, 11) is 0. The van der Waals surface area contributed by atoms with E-state index in [9.17, 15) is 9.59 Å². The Kier molecular flexibility index (Phi) is 5.80. The van der Waals surface area contributed by atoms with E-state index in [-0.39, 0.29) is 17.6 Å². The third kappa shape index (κ3) is 4.20. The number of carbonyl (C=O) groups is 2. The Morgan fingerprint density at radius 2 is 1.85 bits per heavy atom. The molecule has 0 spiro atoms. The SMILES string of the molecule is O=C(C1CNC1)N(c1ccc(O[C@]2(C(=O)c3ccccn3)CCNC2)cc1)c1cccnn1. The molecule has 168 valence electrons. The Morgan fingerprint density at radius 3 is 2.45 bits per heavy atom. The summed E-state index contributed by atoms with van der Waals surface area (Å²) in [6, 6.07) is 15.9. The van der Waals surface area contributed by atoms with Crippen LogP contribution in [0.25, 0.3) is 0 Å². The number of Topliss-reactive ketones (excluding diaryl/α,β-unsaturated/α-hetero) is 1. The molecule has 3 aromatic rings. The fraction of sp³-hybridized carbons (Fsp3) is 0.292. The van der Waals surface area contributed by atoms with Crippen molar-refractivity contribution in [1.82, 2.24) is 25.8 Å². The van der Waals surface area contributed by atoms with E-state index < -0.39 is 5.60 Å². The van der Waals surface area contributed by atoms with Crippen molar-refractivity contribution < 1.29 is 14.3 Å². The number of nitrogens with one attached hydrogen (secondary N) is 2. The number of anilines is 2. The topological polar surface area (TPSA) is 109 Å². The van der Waals surface area contributed by atoms with Crippen molar-refractivity contribution >= 4 is 23.2 Å². The van der Waals surface area contributed by atoms with E-state index in [0.717, 1.165) is 0 Å². The summed E-state index contributed by atoms with van der Waals surface area (Å²) in [4.78, 5) is 32.1. The summed E-state index contributed by atoms with van der Waals surface area (Å²) < 4.78 is 6.27. The molecule has 2 aromatic heterocycles. The zero-order valence-corrected chi connectivity index (χ0v) is 18.0. The third-order valence-corrected chi connectivity index (χ3v) is 5.97. The maximum absolute atomic E-state index is 13.2. The summed E-state index contributed by atoms with van der Waals surface area (Å²) in [5.41, 5.74) is 0.0224. The number of rotatable bonds is 7. The van der Waals surface area contributed by atoms with Crippen LogP contribution in [0.15, 0.2) is 67.0 Å². The first-order valence-electron chi connectivity index (χ1n) is 10.9. The summed E-state index contributed by atoms with van der Waals surface area (Å²) >= 11 is 0. The second kappa shape index (κ2) is 9.05. The first kappa shape index (κ1) is 21.2. The van der Waals surface area contributed by atoms with Crippen LogP contribution in [-0.2, 0) is 4.79 Å². The van der Waals surface area contributed by atoms with E-state index in [1.165, 1.54) is 0 Å². The highest BCUT2D eigenvalue weighted by Crippen LogP contribution is 2.31. The Labute approximate surface area is 191 Å². The fourth-order valence-corrected chi connectivity index (χ4v) is 4.05. The molecule has 0 bridgehead atoms. The molecule has 5 rings (SSSR count). The molecule has 0 aliphatic carbocycles. The van der Waals surface area contributed by atoms with Crippen molar-refractivity contribution in [3.8, 4) is 5.75 Å². The number of aromatic nitrogens is 3. The number of hydrogen-bond donors (Lipinski definition) is 2. The third-order valence-electron chi connectivity index (χ3n) is 5.97. The second-order valence-corrected chi connectivity index (χ2v) is 8.17. The molecule has 2 saturated heterocycles. The molecule has 33 heavy (non-hydrogen) atoms. The van der Waals surface area contributed by atoms with Gasteiger partial charge in [0.25, 0.3) is 0 Å². The van der Waals surface area contributed by atoms with E-state index in [1.54, 1.807) is 71.9 Å². The normalized spacial score (nSPS) is 20.1. The van der Waals surface area contributed by atoms with Crippen molar-refractivity contribution in [1.29, 1.82) is 0 Å². The van der Waals surface area contributed by atoms with Gasteiger partial charge in [-0.3, -0.25) is 19.5 Å². The molecule has 2 N–H and O–H groups in total. The first-order valence-corrected chi connectivity index (χ1v) is 10.9. The molecule has 1 aromatic carbocycles. The largest absolute Gasteiger partial charge is 0.478 e. The van der Waals surface area contributed by atoms with Crippen LogP contribution in [-0.4, -0.2) is 58.7 Å². The van der Waals surface area contributed by atoms with Gasteiger partial charge in [0.2, 0.25) is 11.7 Å². The molecule has 2 aliphatic heterocycles. The lowest BCUT2D eigenvalue weighted by Crippen LogP contribution is -2.51. The van der Waals surface area contributed by atoms with E-state index >= 15 is 0 Å². The number of carbonyl (C=O) groups excluding carboxylic acids is 2. The van der Waals surface area contributed by atoms with Crippen molar-refractivity contribution in [3.05, 3.63) is 72.7 Å². The van der Waals surface area contributed by atoms with Gasteiger partial charge in [0.15, 0.2) is 11.4 Å². The lowest BCUT2D eigenvalue weighted by atomic mass is 9.94. The molecule has 1 atom stereocenters. The predicted octanol–water partition coefficient (Wildman–Crippen LogP) is 1.75. The first-order chi connectivity index (χ1) is 16.2. The van der Waals surface area contributed by atoms with Crippen molar-refractivity contribution in [2.45, 2.75) is 12.0 Å². The molecule has 2 fully saturated rings. The lowest BCUT2D eigenvalue weighted by molar-refractivity contribution is -0.123. The van der Waals surface area contributed by atoms with Gasteiger partial charge in [-0.2, -0.15) is 5.10 Å². The molecule has 0 unspecified atom stereocenters. The molecule has 9 heteroatoms. The Morgan fingerprint density at radius 1 is 1.00 bits per heavy atom. The highest BCUT2D eigenvalue weighted by atomic mass is 16.5. The van der Waals surface area contributed by atoms with Crippen LogP contribution in [0.1, 0.15) is 16.9 Å². The van der Waals surface area contributed by atoms with Gasteiger partial charge in [-0.15, -0.1) is 5.10 Å². The molecule has 1 amide bonds. The minimum atomic E-state index is -1.02. The quantitative estimate of drug-likeness (QED) is 0.531. The minimum Gasteiger partial charge on any atom is -0.478 e. The molecule has 9 nitrogen and oxygen atoms in total. The van der Waals surface area contributed by atoms with Gasteiger partial charge in [-0.05, 0) is 55.1 Å². The predicted molar refractivity (Wildman–Crippen MR) is 121 cm³/mol. The number of hydrogen-bond acceptors (Lipinski definition) is 8. The van der Waals surface area contributed by atoms with Crippen LogP contribution in [0, 0.1) is 5.92 Å². The van der Waals surface area contributed by atoms with E-state index in [1.807, 2.05) is 0 Å². The smallest absolute Gasteiger partial charge is 0.238 e. The number of benzene rings is 1. The number of amides is 1. The summed E-state index contributed by atoms with van der Waals surface area (Å²) in [5, 5.41) is 14.4. The number of ketones is 1. The van der Waals surface area contributed by atoms with E-state index in [2.05, 4.69) is 25.8 Å². The Balaban J connectivity index is 1.41. The maximum atomic E-state index is 13.2. The molecule has 4 heterocycles. The Hall–Kier alpha value is -3.69. The van der Waals surface area contributed by atoms with Crippen LogP contribution in [0.3, 0.4) is 0 Å². The highest BCUT2D eigenvalue weighted by molar-refractivity contribution is 6.02. The lowest BCUT2D eigenvalue weighted by Gasteiger charge is -2.32. The van der Waals surface area contributed by atoms with Crippen LogP contribution < -0.4 is 20.3 Å². The molecule has 2 aliphatic rings. The minimum absolute atomic E-state index is 0.0373. The zero-order valence-electron chi connectivity index (χ0n) is 18.0. The van der Waals surface area contributed by atoms with Gasteiger partial charge in [-0.1, -0.05) is 6.07 Å². The van der Waals surface area contributed by atoms with Crippen molar-refractivity contribution in [3.63, 3.8) is 0 Å². The number of pyridine rings is 1. The van der Waals surface area contributed by atoms with Crippen molar-refractivity contribution in [2.75, 3.05) is 31.1 Å². The molecule has 0 radical (unpaired) electrons. The fourth-order valence-electron chi connectivity index (χ4n) is 4.05. The van der Waals surface area contributed by atoms with Gasteiger partial charge in [0.1, 0.15) is 11.4 Å². The van der Waals surface area contributed by atoms with Crippen LogP contribution >= 0.6 is 0 Å². The monoisotopic (exact) mass is 444 g/mol. The van der Waals surface area contributed by atoms with Gasteiger partial charge < -0.3 is 15.4 Å². The average Bonchev–Trinajstić information content (AvgIpc) is 3.30. The maximum Gasteiger partial charge on any atom is 0.238 e. The summed E-state index contributed by atoms with van der Waals surface area (Å²) in [5.74, 6) is 0.718. The van der Waals surface area contributed by atoms with Crippen molar-refractivity contribution in [2.24, 2.45) is 5.92 Å². The van der Waals surface area contributed by atoms with Gasteiger partial charge in [0.05, 0.1) is 11.6 Å². The highest BCUT2D eigenvalue weighted by Gasteiger charge is 2.44. The molecular weight excluding hydrogens is 420 g/mol. The van der Waals surface area contributed by atoms with Gasteiger partial charge in [-0.25, -0.2) is 0 Å². The zero-order chi connectivity index (χ0) is 22.7. The second-order valence-electron chi connectivity index (χ2n) is 8.17. The van der Waals surface area contributed by atoms with Gasteiger partial charge >= 0.3 is 0 Å². The average molecular weight is 444 g/mol. The molecular formula is C24H24N6O3. The molecule has 0 saturated carbocycles. The number of ether oxygens (including phenoxy) is 1. The van der Waals surface area contributed by atoms with E-state index in [0.29, 0.717) is 55.5 Å². The summed E-state index contributed by atoms with van der Waals surface area (Å²) in [6.45, 7) is 2.37. The van der Waals surface area contributed by atoms with Crippen LogP contribution in [0.5, 0.6) is 5.75 Å². The van der Waals surface area contributed by atoms with E-state index in [4.69, 9.17) is 4.74 Å². The summed E-state index contributed by atoms with van der Waals surface area (Å²) in [6.07, 6.45) is 3.72.